The van der Waals surface area contributed by atoms with E-state index in [2.05, 4.69) is 49.2 Å². The van der Waals surface area contributed by atoms with Crippen molar-refractivity contribution in [2.24, 2.45) is 5.73 Å². The van der Waals surface area contributed by atoms with Crippen LogP contribution < -0.4 is 10.6 Å². The van der Waals surface area contributed by atoms with Crippen LogP contribution in [0.1, 0.15) is 23.6 Å². The average Bonchev–Trinajstić information content (AvgIpc) is 2.48. The number of nitrogens with zero attached hydrogens (tertiary/aromatic N) is 1. The molecule has 0 spiro atoms. The summed E-state index contributed by atoms with van der Waals surface area (Å²) in [6, 6.07) is 14.8. The zero-order chi connectivity index (χ0) is 14.5. The molecular formula is C17H21ClN2. The van der Waals surface area contributed by atoms with Gasteiger partial charge in [0.05, 0.1) is 0 Å². The average molecular weight is 289 g/mol. The number of hydrogen-bond acceptors (Lipinski definition) is 2. The second-order valence-corrected chi connectivity index (χ2v) is 5.41. The maximum absolute atomic E-state index is 6.21. The molecule has 0 atom stereocenters. The Labute approximate surface area is 126 Å². The highest BCUT2D eigenvalue weighted by atomic mass is 35.5. The molecule has 0 amide bonds. The van der Waals surface area contributed by atoms with Crippen LogP contribution in [0.4, 0.5) is 5.69 Å². The monoisotopic (exact) mass is 288 g/mol. The van der Waals surface area contributed by atoms with Crippen molar-refractivity contribution in [1.82, 2.24) is 0 Å². The minimum atomic E-state index is 0.474. The van der Waals surface area contributed by atoms with Gasteiger partial charge >= 0.3 is 0 Å². The van der Waals surface area contributed by atoms with Gasteiger partial charge in [0.25, 0.3) is 0 Å². The maximum atomic E-state index is 6.21. The first kappa shape index (κ1) is 14.9. The molecule has 2 nitrogen and oxygen atoms in total. The van der Waals surface area contributed by atoms with Crippen molar-refractivity contribution in [2.75, 3.05) is 11.9 Å². The van der Waals surface area contributed by atoms with Crippen LogP contribution >= 0.6 is 11.6 Å². The van der Waals surface area contributed by atoms with E-state index in [0.29, 0.717) is 6.54 Å². The zero-order valence-corrected chi connectivity index (χ0v) is 12.8. The molecular weight excluding hydrogens is 268 g/mol. The van der Waals surface area contributed by atoms with Gasteiger partial charge in [-0.25, -0.2) is 0 Å². The van der Waals surface area contributed by atoms with Gasteiger partial charge in [0.15, 0.2) is 0 Å². The number of halogens is 1. The van der Waals surface area contributed by atoms with Crippen LogP contribution in [0.25, 0.3) is 0 Å². The summed E-state index contributed by atoms with van der Waals surface area (Å²) in [7, 11) is 2.07. The van der Waals surface area contributed by atoms with Crippen LogP contribution in [0.15, 0.2) is 42.5 Å². The van der Waals surface area contributed by atoms with E-state index in [-0.39, 0.29) is 0 Å². The third kappa shape index (κ3) is 3.53. The summed E-state index contributed by atoms with van der Waals surface area (Å²) >= 11 is 6.21. The molecule has 0 unspecified atom stereocenters. The number of benzene rings is 2. The highest BCUT2D eigenvalue weighted by Gasteiger charge is 2.05. The van der Waals surface area contributed by atoms with Crippen LogP contribution in [-0.4, -0.2) is 7.05 Å². The Morgan fingerprint density at radius 2 is 1.70 bits per heavy atom. The van der Waals surface area contributed by atoms with E-state index in [1.165, 1.54) is 11.1 Å². The molecule has 0 saturated carbocycles. The van der Waals surface area contributed by atoms with E-state index < -0.39 is 0 Å². The highest BCUT2D eigenvalue weighted by Crippen LogP contribution is 2.24. The van der Waals surface area contributed by atoms with Crippen molar-refractivity contribution < 1.29 is 0 Å². The summed E-state index contributed by atoms with van der Waals surface area (Å²) in [6.45, 7) is 3.51. The Morgan fingerprint density at radius 3 is 2.25 bits per heavy atom. The van der Waals surface area contributed by atoms with Crippen molar-refractivity contribution in [3.63, 3.8) is 0 Å². The second-order valence-electron chi connectivity index (χ2n) is 5.01. The van der Waals surface area contributed by atoms with E-state index in [1.54, 1.807) is 0 Å². The predicted molar refractivity (Wildman–Crippen MR) is 87.3 cm³/mol. The van der Waals surface area contributed by atoms with Gasteiger partial charge in [-0.1, -0.05) is 48.9 Å². The molecule has 0 aliphatic heterocycles. The summed E-state index contributed by atoms with van der Waals surface area (Å²) in [4.78, 5) is 2.19. The number of anilines is 1. The summed E-state index contributed by atoms with van der Waals surface area (Å²) in [5.74, 6) is 0. The minimum Gasteiger partial charge on any atom is -0.370 e. The highest BCUT2D eigenvalue weighted by molar-refractivity contribution is 6.31. The summed E-state index contributed by atoms with van der Waals surface area (Å²) < 4.78 is 0. The Morgan fingerprint density at radius 1 is 1.05 bits per heavy atom. The number of aryl methyl sites for hydroxylation is 1. The van der Waals surface area contributed by atoms with Crippen LogP contribution in [0.2, 0.25) is 5.02 Å². The Hall–Kier alpha value is -1.51. The molecule has 0 aliphatic rings. The van der Waals surface area contributed by atoms with Crippen LogP contribution in [0, 0.1) is 0 Å². The minimum absolute atomic E-state index is 0.474. The van der Waals surface area contributed by atoms with Gasteiger partial charge in [-0.3, -0.25) is 0 Å². The molecule has 0 radical (unpaired) electrons. The number of rotatable bonds is 5. The topological polar surface area (TPSA) is 29.3 Å². The molecule has 20 heavy (non-hydrogen) atoms. The lowest BCUT2D eigenvalue weighted by Gasteiger charge is -2.20. The zero-order valence-electron chi connectivity index (χ0n) is 12.1. The van der Waals surface area contributed by atoms with Gasteiger partial charge in [0.1, 0.15) is 0 Å². The van der Waals surface area contributed by atoms with E-state index >= 15 is 0 Å². The van der Waals surface area contributed by atoms with Crippen molar-refractivity contribution >= 4 is 17.3 Å². The summed E-state index contributed by atoms with van der Waals surface area (Å²) in [6.07, 6.45) is 1.08. The summed E-state index contributed by atoms with van der Waals surface area (Å²) in [5.41, 5.74) is 10.4. The maximum Gasteiger partial charge on any atom is 0.0471 e. The molecule has 2 aromatic carbocycles. The van der Waals surface area contributed by atoms with Gasteiger partial charge in [0, 0.05) is 30.8 Å². The molecule has 2 aromatic rings. The predicted octanol–water partition coefficient (Wildman–Crippen LogP) is 4.00. The molecule has 0 bridgehead atoms. The molecule has 2 N–H and O–H groups in total. The molecule has 0 aliphatic carbocycles. The first-order valence-electron chi connectivity index (χ1n) is 6.91. The lowest BCUT2D eigenvalue weighted by molar-refractivity contribution is 0.919. The number of nitrogens with two attached hydrogens (primary N) is 1. The van der Waals surface area contributed by atoms with Crippen molar-refractivity contribution in [3.05, 3.63) is 64.2 Å². The fraction of sp³-hybridized carbons (Fsp3) is 0.294. The molecule has 2 rings (SSSR count). The molecule has 3 heteroatoms. The Balaban J connectivity index is 2.10. The molecule has 106 valence electrons. The van der Waals surface area contributed by atoms with Crippen molar-refractivity contribution in [2.45, 2.75) is 26.4 Å². The van der Waals surface area contributed by atoms with Gasteiger partial charge in [0.2, 0.25) is 0 Å². The molecule has 0 fully saturated rings. The molecule has 0 saturated heterocycles. The third-order valence-electron chi connectivity index (χ3n) is 3.55. The van der Waals surface area contributed by atoms with Crippen LogP contribution in [0.5, 0.6) is 0 Å². The van der Waals surface area contributed by atoms with Crippen LogP contribution in [0.3, 0.4) is 0 Å². The van der Waals surface area contributed by atoms with Gasteiger partial charge in [-0.15, -0.1) is 0 Å². The first-order chi connectivity index (χ1) is 9.63. The van der Waals surface area contributed by atoms with Crippen LogP contribution in [-0.2, 0) is 19.5 Å². The van der Waals surface area contributed by atoms with E-state index in [1.807, 2.05) is 12.1 Å². The van der Waals surface area contributed by atoms with Gasteiger partial charge in [-0.05, 0) is 35.2 Å². The first-order valence-corrected chi connectivity index (χ1v) is 7.29. The quantitative estimate of drug-likeness (QED) is 0.901. The lowest BCUT2D eigenvalue weighted by atomic mass is 10.1. The Bertz CT molecular complexity index is 564. The lowest BCUT2D eigenvalue weighted by Crippen LogP contribution is -2.16. The van der Waals surface area contributed by atoms with Crippen molar-refractivity contribution in [1.29, 1.82) is 0 Å². The molecule has 0 heterocycles. The Kier molecular flexibility index (Phi) is 5.05. The fourth-order valence-corrected chi connectivity index (χ4v) is 2.44. The van der Waals surface area contributed by atoms with E-state index in [9.17, 15) is 0 Å². The standard InChI is InChI=1S/C17H21ClN2/c1-3-13-4-6-14(7-5-13)12-20(2)16-9-8-15(11-19)17(18)10-16/h4-10H,3,11-12,19H2,1-2H3. The largest absolute Gasteiger partial charge is 0.370 e. The third-order valence-corrected chi connectivity index (χ3v) is 3.90. The molecule has 0 aromatic heterocycles. The van der Waals surface area contributed by atoms with E-state index in [4.69, 9.17) is 17.3 Å². The van der Waals surface area contributed by atoms with Gasteiger partial charge < -0.3 is 10.6 Å². The SMILES string of the molecule is CCc1ccc(CN(C)c2ccc(CN)c(Cl)c2)cc1. The van der Waals surface area contributed by atoms with E-state index in [0.717, 1.165) is 29.2 Å². The van der Waals surface area contributed by atoms with Crippen molar-refractivity contribution in [3.8, 4) is 0 Å². The second kappa shape index (κ2) is 6.78. The summed E-state index contributed by atoms with van der Waals surface area (Å²) in [5, 5.41) is 0.734. The smallest absolute Gasteiger partial charge is 0.0471 e. The number of hydrogen-bond donors (Lipinski definition) is 1. The fourth-order valence-electron chi connectivity index (χ4n) is 2.18. The van der Waals surface area contributed by atoms with Gasteiger partial charge in [-0.2, -0.15) is 0 Å². The normalized spacial score (nSPS) is 10.6.